The summed E-state index contributed by atoms with van der Waals surface area (Å²) < 4.78 is 0. The van der Waals surface area contributed by atoms with Gasteiger partial charge in [-0.25, -0.2) is 0 Å². The molecule has 0 aliphatic heterocycles. The van der Waals surface area contributed by atoms with E-state index in [9.17, 15) is 5.11 Å². The van der Waals surface area contributed by atoms with Gasteiger partial charge >= 0.3 is 0 Å². The molecule has 1 saturated carbocycles. The highest BCUT2D eigenvalue weighted by atomic mass is 16.3. The standard InChI is InChI=1S/C11H22O/c1-2-11(12)10-8-6-4-3-5-7-9-10/h10-12H,2-9H2,1H3/t11-/m1/s1. The van der Waals surface area contributed by atoms with Crippen LogP contribution >= 0.6 is 0 Å². The van der Waals surface area contributed by atoms with Gasteiger partial charge in [-0.05, 0) is 25.2 Å². The SMILES string of the molecule is CC[C@@H](O)C1CCCCCCC1. The Hall–Kier alpha value is -0.0400. The summed E-state index contributed by atoms with van der Waals surface area (Å²) in [5.74, 6) is 0.607. The number of aliphatic hydroxyl groups excluding tert-OH is 1. The Labute approximate surface area is 76.2 Å². The van der Waals surface area contributed by atoms with E-state index in [4.69, 9.17) is 0 Å². The van der Waals surface area contributed by atoms with Crippen LogP contribution in [0.2, 0.25) is 0 Å². The van der Waals surface area contributed by atoms with E-state index in [1.807, 2.05) is 0 Å². The monoisotopic (exact) mass is 170 g/mol. The summed E-state index contributed by atoms with van der Waals surface area (Å²) in [5, 5.41) is 9.70. The first kappa shape index (κ1) is 10.0. The highest BCUT2D eigenvalue weighted by molar-refractivity contribution is 4.69. The minimum absolute atomic E-state index is 0.0249. The average Bonchev–Trinajstić information content (AvgIpc) is 2.02. The molecule has 0 aromatic heterocycles. The number of hydrogen-bond donors (Lipinski definition) is 1. The first-order chi connectivity index (χ1) is 5.84. The molecule has 1 fully saturated rings. The Morgan fingerprint density at radius 2 is 1.58 bits per heavy atom. The number of hydrogen-bond acceptors (Lipinski definition) is 1. The van der Waals surface area contributed by atoms with Gasteiger partial charge in [0, 0.05) is 0 Å². The van der Waals surface area contributed by atoms with Crippen LogP contribution in [0.5, 0.6) is 0 Å². The van der Waals surface area contributed by atoms with Crippen molar-refractivity contribution >= 4 is 0 Å². The maximum atomic E-state index is 9.70. The predicted molar refractivity (Wildman–Crippen MR) is 52.1 cm³/mol. The molecule has 0 aromatic carbocycles. The Bertz CT molecular complexity index is 104. The van der Waals surface area contributed by atoms with E-state index < -0.39 is 0 Å². The van der Waals surface area contributed by atoms with Crippen LogP contribution in [0.25, 0.3) is 0 Å². The van der Waals surface area contributed by atoms with Crippen molar-refractivity contribution in [1.29, 1.82) is 0 Å². The average molecular weight is 170 g/mol. The molecule has 1 rings (SSSR count). The Kier molecular flexibility index (Phi) is 4.67. The smallest absolute Gasteiger partial charge is 0.0565 e. The molecule has 0 saturated heterocycles. The maximum absolute atomic E-state index is 9.70. The van der Waals surface area contributed by atoms with Crippen molar-refractivity contribution in [3.63, 3.8) is 0 Å². The lowest BCUT2D eigenvalue weighted by molar-refractivity contribution is 0.0877. The van der Waals surface area contributed by atoms with Gasteiger partial charge in [0.25, 0.3) is 0 Å². The van der Waals surface area contributed by atoms with Crippen molar-refractivity contribution in [2.45, 2.75) is 64.4 Å². The molecule has 1 nitrogen and oxygen atoms in total. The van der Waals surface area contributed by atoms with E-state index in [-0.39, 0.29) is 6.10 Å². The second kappa shape index (κ2) is 5.58. The quantitative estimate of drug-likeness (QED) is 0.675. The first-order valence-electron chi connectivity index (χ1n) is 5.52. The van der Waals surface area contributed by atoms with E-state index in [1.165, 1.54) is 44.9 Å². The minimum Gasteiger partial charge on any atom is -0.393 e. The van der Waals surface area contributed by atoms with Gasteiger partial charge in [0.2, 0.25) is 0 Å². The summed E-state index contributed by atoms with van der Waals surface area (Å²) in [6.45, 7) is 2.09. The van der Waals surface area contributed by atoms with Crippen molar-refractivity contribution in [1.82, 2.24) is 0 Å². The first-order valence-corrected chi connectivity index (χ1v) is 5.52. The van der Waals surface area contributed by atoms with Crippen LogP contribution in [0.15, 0.2) is 0 Å². The molecule has 0 unspecified atom stereocenters. The maximum Gasteiger partial charge on any atom is 0.0565 e. The lowest BCUT2D eigenvalue weighted by atomic mass is 9.86. The molecule has 1 heteroatoms. The fourth-order valence-electron chi connectivity index (χ4n) is 2.21. The molecule has 0 aromatic rings. The molecular formula is C11H22O. The molecule has 1 aliphatic carbocycles. The molecule has 0 bridgehead atoms. The summed E-state index contributed by atoms with van der Waals surface area (Å²) in [6.07, 6.45) is 10.3. The Morgan fingerprint density at radius 3 is 2.08 bits per heavy atom. The van der Waals surface area contributed by atoms with Gasteiger partial charge in [0.1, 0.15) is 0 Å². The van der Waals surface area contributed by atoms with Gasteiger partial charge in [-0.3, -0.25) is 0 Å². The van der Waals surface area contributed by atoms with Gasteiger partial charge in [-0.15, -0.1) is 0 Å². The van der Waals surface area contributed by atoms with Crippen molar-refractivity contribution in [3.8, 4) is 0 Å². The van der Waals surface area contributed by atoms with E-state index >= 15 is 0 Å². The number of rotatable bonds is 2. The zero-order valence-electron chi connectivity index (χ0n) is 8.26. The molecule has 0 heterocycles. The van der Waals surface area contributed by atoms with Gasteiger partial charge in [0.15, 0.2) is 0 Å². The lowest BCUT2D eigenvalue weighted by Crippen LogP contribution is -2.20. The van der Waals surface area contributed by atoms with Gasteiger partial charge in [-0.1, -0.05) is 39.0 Å². The molecule has 1 aliphatic rings. The third-order valence-electron chi connectivity index (χ3n) is 3.11. The van der Waals surface area contributed by atoms with Crippen LogP contribution in [0.4, 0.5) is 0 Å². The third-order valence-corrected chi connectivity index (χ3v) is 3.11. The largest absolute Gasteiger partial charge is 0.393 e. The fraction of sp³-hybridized carbons (Fsp3) is 1.00. The van der Waals surface area contributed by atoms with Crippen LogP contribution in [0, 0.1) is 5.92 Å². The van der Waals surface area contributed by atoms with Crippen molar-refractivity contribution in [2.24, 2.45) is 5.92 Å². The zero-order valence-corrected chi connectivity index (χ0v) is 8.26. The molecule has 0 amide bonds. The van der Waals surface area contributed by atoms with Crippen molar-refractivity contribution in [2.75, 3.05) is 0 Å². The molecule has 0 spiro atoms. The highest BCUT2D eigenvalue weighted by Crippen LogP contribution is 2.25. The van der Waals surface area contributed by atoms with Gasteiger partial charge in [-0.2, -0.15) is 0 Å². The molecule has 1 N–H and O–H groups in total. The van der Waals surface area contributed by atoms with Gasteiger partial charge in [0.05, 0.1) is 6.10 Å². The Balaban J connectivity index is 2.29. The fourth-order valence-corrected chi connectivity index (χ4v) is 2.21. The van der Waals surface area contributed by atoms with Crippen LogP contribution in [0.1, 0.15) is 58.3 Å². The van der Waals surface area contributed by atoms with Crippen molar-refractivity contribution in [3.05, 3.63) is 0 Å². The lowest BCUT2D eigenvalue weighted by Gasteiger charge is -2.23. The molecule has 0 radical (unpaired) electrons. The van der Waals surface area contributed by atoms with Crippen molar-refractivity contribution < 1.29 is 5.11 Å². The van der Waals surface area contributed by atoms with E-state index in [0.29, 0.717) is 5.92 Å². The molecule has 12 heavy (non-hydrogen) atoms. The summed E-state index contributed by atoms with van der Waals surface area (Å²) in [6, 6.07) is 0. The number of aliphatic hydroxyl groups is 1. The highest BCUT2D eigenvalue weighted by Gasteiger charge is 2.17. The predicted octanol–water partition coefficient (Wildman–Crippen LogP) is 3.12. The molecule has 1 atom stereocenters. The van der Waals surface area contributed by atoms with Crippen LogP contribution in [0.3, 0.4) is 0 Å². The van der Waals surface area contributed by atoms with E-state index in [1.54, 1.807) is 0 Å². The van der Waals surface area contributed by atoms with E-state index in [2.05, 4.69) is 6.92 Å². The summed E-state index contributed by atoms with van der Waals surface area (Å²) >= 11 is 0. The van der Waals surface area contributed by atoms with E-state index in [0.717, 1.165) is 6.42 Å². The second-order valence-corrected chi connectivity index (χ2v) is 4.08. The summed E-state index contributed by atoms with van der Waals surface area (Å²) in [7, 11) is 0. The molecule has 72 valence electrons. The Morgan fingerprint density at radius 1 is 1.08 bits per heavy atom. The molecular weight excluding hydrogens is 148 g/mol. The van der Waals surface area contributed by atoms with Gasteiger partial charge < -0.3 is 5.11 Å². The minimum atomic E-state index is -0.0249. The second-order valence-electron chi connectivity index (χ2n) is 4.08. The topological polar surface area (TPSA) is 20.2 Å². The normalized spacial score (nSPS) is 24.5. The summed E-state index contributed by atoms with van der Waals surface area (Å²) in [5.41, 5.74) is 0. The van der Waals surface area contributed by atoms with Crippen LogP contribution in [-0.2, 0) is 0 Å². The third kappa shape index (κ3) is 3.14. The zero-order chi connectivity index (χ0) is 8.81. The summed E-state index contributed by atoms with van der Waals surface area (Å²) in [4.78, 5) is 0. The van der Waals surface area contributed by atoms with Crippen LogP contribution in [-0.4, -0.2) is 11.2 Å². The van der Waals surface area contributed by atoms with Crippen LogP contribution < -0.4 is 0 Å².